The van der Waals surface area contributed by atoms with Crippen LogP contribution in [0.5, 0.6) is 0 Å². The zero-order valence-corrected chi connectivity index (χ0v) is 9.08. The number of aldehydes is 1. The van der Waals surface area contributed by atoms with Crippen LogP contribution < -0.4 is 0 Å². The van der Waals surface area contributed by atoms with E-state index in [1.54, 1.807) is 18.7 Å². The van der Waals surface area contributed by atoms with Gasteiger partial charge in [-0.25, -0.2) is 4.98 Å². The molecule has 1 unspecified atom stereocenters. The number of hydrogen-bond donors (Lipinski definition) is 0. The van der Waals surface area contributed by atoms with Crippen molar-refractivity contribution in [2.75, 3.05) is 0 Å². The molecule has 4 heteroatoms. The molecule has 0 amide bonds. The molecule has 2 aromatic heterocycles. The van der Waals surface area contributed by atoms with Gasteiger partial charge in [0.1, 0.15) is 6.29 Å². The van der Waals surface area contributed by atoms with Crippen molar-refractivity contribution in [1.82, 2.24) is 14.5 Å². The summed E-state index contributed by atoms with van der Waals surface area (Å²) in [4.78, 5) is 18.9. The summed E-state index contributed by atoms with van der Waals surface area (Å²) in [5, 5.41) is 0. The van der Waals surface area contributed by atoms with E-state index < -0.39 is 0 Å². The molecule has 4 nitrogen and oxygen atoms in total. The average Bonchev–Trinajstić information content (AvgIpc) is 2.78. The first-order valence-corrected chi connectivity index (χ1v) is 5.17. The summed E-state index contributed by atoms with van der Waals surface area (Å²) in [7, 11) is 0. The van der Waals surface area contributed by atoms with Crippen molar-refractivity contribution in [3.05, 3.63) is 37.1 Å². The van der Waals surface area contributed by atoms with Gasteiger partial charge >= 0.3 is 0 Å². The van der Waals surface area contributed by atoms with Crippen molar-refractivity contribution in [2.24, 2.45) is 5.92 Å². The molecule has 0 saturated carbocycles. The molecule has 2 rings (SSSR count). The average molecular weight is 215 g/mol. The van der Waals surface area contributed by atoms with Crippen LogP contribution in [0.3, 0.4) is 0 Å². The lowest BCUT2D eigenvalue weighted by atomic mass is 10.2. The molecule has 0 N–H and O–H groups in total. The number of hydrogen-bond acceptors (Lipinski definition) is 3. The fraction of sp³-hybridized carbons (Fsp3) is 0.250. The van der Waals surface area contributed by atoms with Crippen LogP contribution in [0.1, 0.15) is 6.92 Å². The second-order valence-electron chi connectivity index (χ2n) is 3.81. The summed E-state index contributed by atoms with van der Waals surface area (Å²) < 4.78 is 1.92. The zero-order valence-electron chi connectivity index (χ0n) is 9.08. The number of carbonyl (C=O) groups excluding carboxylic acids is 1. The molecule has 0 fully saturated rings. The number of nitrogens with zero attached hydrogens (tertiary/aromatic N) is 3. The van der Waals surface area contributed by atoms with Gasteiger partial charge in [-0.05, 0) is 12.1 Å². The van der Waals surface area contributed by atoms with Gasteiger partial charge in [-0.15, -0.1) is 0 Å². The molecule has 1 atom stereocenters. The van der Waals surface area contributed by atoms with Gasteiger partial charge in [-0.1, -0.05) is 6.92 Å². The minimum atomic E-state index is 0.0101. The van der Waals surface area contributed by atoms with Crippen molar-refractivity contribution >= 4 is 6.29 Å². The van der Waals surface area contributed by atoms with Crippen molar-refractivity contribution < 1.29 is 4.79 Å². The zero-order chi connectivity index (χ0) is 11.4. The Bertz CT molecular complexity index is 464. The molecule has 0 aliphatic heterocycles. The van der Waals surface area contributed by atoms with E-state index in [1.165, 1.54) is 0 Å². The van der Waals surface area contributed by atoms with Gasteiger partial charge in [0.05, 0.1) is 12.0 Å². The topological polar surface area (TPSA) is 47.8 Å². The molecule has 2 aromatic rings. The summed E-state index contributed by atoms with van der Waals surface area (Å²) in [6.07, 6.45) is 8.12. The van der Waals surface area contributed by atoms with E-state index in [1.807, 2.05) is 29.8 Å². The normalized spacial score (nSPS) is 12.3. The minimum Gasteiger partial charge on any atom is -0.336 e. The van der Waals surface area contributed by atoms with Gasteiger partial charge in [0.25, 0.3) is 0 Å². The number of imidazole rings is 1. The maximum atomic E-state index is 10.5. The smallest absolute Gasteiger partial charge is 0.124 e. The highest BCUT2D eigenvalue weighted by Gasteiger charge is 2.04. The van der Waals surface area contributed by atoms with Crippen molar-refractivity contribution in [1.29, 1.82) is 0 Å². The molecule has 0 spiro atoms. The molecule has 0 saturated heterocycles. The molecule has 0 aliphatic carbocycles. The first kappa shape index (κ1) is 10.5. The highest BCUT2D eigenvalue weighted by molar-refractivity contribution is 5.56. The molecule has 82 valence electrons. The summed E-state index contributed by atoms with van der Waals surface area (Å²) in [5.74, 6) is 0.0101. The third kappa shape index (κ3) is 2.34. The molecular formula is C12H13N3O. The van der Waals surface area contributed by atoms with Gasteiger partial charge in [-0.2, -0.15) is 0 Å². The van der Waals surface area contributed by atoms with E-state index in [9.17, 15) is 4.79 Å². The molecule has 0 radical (unpaired) electrons. The van der Waals surface area contributed by atoms with E-state index in [2.05, 4.69) is 9.97 Å². The van der Waals surface area contributed by atoms with E-state index >= 15 is 0 Å². The second-order valence-corrected chi connectivity index (χ2v) is 3.81. The SMILES string of the molecule is CC(C=O)Cn1cnc(-c2cccnc2)c1. The number of carbonyl (C=O) groups is 1. The molecule has 2 heterocycles. The van der Waals surface area contributed by atoms with Gasteiger partial charge < -0.3 is 9.36 Å². The summed E-state index contributed by atoms with van der Waals surface area (Å²) in [6, 6.07) is 3.84. The van der Waals surface area contributed by atoms with Gasteiger partial charge in [0.2, 0.25) is 0 Å². The summed E-state index contributed by atoms with van der Waals surface area (Å²) in [5.41, 5.74) is 1.87. The molecule has 16 heavy (non-hydrogen) atoms. The third-order valence-corrected chi connectivity index (χ3v) is 2.32. The van der Waals surface area contributed by atoms with Crippen molar-refractivity contribution in [3.63, 3.8) is 0 Å². The Balaban J connectivity index is 2.17. The predicted octanol–water partition coefficient (Wildman–Crippen LogP) is 1.78. The van der Waals surface area contributed by atoms with Gasteiger partial charge in [-0.3, -0.25) is 4.98 Å². The second kappa shape index (κ2) is 4.70. The Labute approximate surface area is 94.0 Å². The van der Waals surface area contributed by atoms with Crippen LogP contribution in [0.4, 0.5) is 0 Å². The van der Waals surface area contributed by atoms with Crippen LogP contribution in [0, 0.1) is 5.92 Å². The van der Waals surface area contributed by atoms with Gasteiger partial charge in [0, 0.05) is 36.6 Å². The Morgan fingerprint density at radius 3 is 3.12 bits per heavy atom. The number of pyridine rings is 1. The van der Waals surface area contributed by atoms with Crippen LogP contribution in [0.15, 0.2) is 37.1 Å². The van der Waals surface area contributed by atoms with E-state index in [0.717, 1.165) is 17.5 Å². The lowest BCUT2D eigenvalue weighted by Crippen LogP contribution is -2.06. The maximum absolute atomic E-state index is 10.5. The Kier molecular flexibility index (Phi) is 3.10. The van der Waals surface area contributed by atoms with Crippen molar-refractivity contribution in [2.45, 2.75) is 13.5 Å². The van der Waals surface area contributed by atoms with Crippen LogP contribution in [-0.2, 0) is 11.3 Å². The van der Waals surface area contributed by atoms with Gasteiger partial charge in [0.15, 0.2) is 0 Å². The predicted molar refractivity (Wildman–Crippen MR) is 60.7 cm³/mol. The lowest BCUT2D eigenvalue weighted by molar-refractivity contribution is -0.110. The fourth-order valence-corrected chi connectivity index (χ4v) is 1.50. The van der Waals surface area contributed by atoms with Crippen LogP contribution in [0.25, 0.3) is 11.3 Å². The standard InChI is InChI=1S/C12H13N3O/c1-10(8-16)6-15-7-12(14-9-15)11-3-2-4-13-5-11/h2-5,7-10H,6H2,1H3. The molecule has 0 aromatic carbocycles. The van der Waals surface area contributed by atoms with Crippen LogP contribution >= 0.6 is 0 Å². The Morgan fingerprint density at radius 1 is 1.56 bits per heavy atom. The highest BCUT2D eigenvalue weighted by Crippen LogP contribution is 2.15. The fourth-order valence-electron chi connectivity index (χ4n) is 1.50. The lowest BCUT2D eigenvalue weighted by Gasteiger charge is -2.02. The monoisotopic (exact) mass is 215 g/mol. The van der Waals surface area contributed by atoms with Crippen LogP contribution in [0.2, 0.25) is 0 Å². The van der Waals surface area contributed by atoms with E-state index in [4.69, 9.17) is 0 Å². The van der Waals surface area contributed by atoms with E-state index in [-0.39, 0.29) is 5.92 Å². The molecule has 0 bridgehead atoms. The first-order chi connectivity index (χ1) is 7.79. The Hall–Kier alpha value is -1.97. The largest absolute Gasteiger partial charge is 0.336 e. The van der Waals surface area contributed by atoms with Crippen LogP contribution in [-0.4, -0.2) is 20.8 Å². The number of aromatic nitrogens is 3. The minimum absolute atomic E-state index is 0.0101. The molecule has 0 aliphatic rings. The first-order valence-electron chi connectivity index (χ1n) is 5.17. The Morgan fingerprint density at radius 2 is 2.44 bits per heavy atom. The van der Waals surface area contributed by atoms with E-state index in [0.29, 0.717) is 6.54 Å². The van der Waals surface area contributed by atoms with Crippen molar-refractivity contribution in [3.8, 4) is 11.3 Å². The maximum Gasteiger partial charge on any atom is 0.124 e. The third-order valence-electron chi connectivity index (χ3n) is 2.32. The molecular weight excluding hydrogens is 202 g/mol. The quantitative estimate of drug-likeness (QED) is 0.730. The summed E-state index contributed by atoms with van der Waals surface area (Å²) >= 11 is 0. The highest BCUT2D eigenvalue weighted by atomic mass is 16.1. The summed E-state index contributed by atoms with van der Waals surface area (Å²) in [6.45, 7) is 2.55. The number of rotatable bonds is 4.